The second kappa shape index (κ2) is 8.59. The molecule has 0 unspecified atom stereocenters. The lowest BCUT2D eigenvalue weighted by Gasteiger charge is -2.23. The molecule has 0 saturated carbocycles. The van der Waals surface area contributed by atoms with Gasteiger partial charge in [0.25, 0.3) is 5.56 Å². The second-order valence-electron chi connectivity index (χ2n) is 7.47. The number of H-pyrrole nitrogens is 1. The van der Waals surface area contributed by atoms with Gasteiger partial charge in [0.2, 0.25) is 0 Å². The van der Waals surface area contributed by atoms with E-state index in [0.29, 0.717) is 40.5 Å². The standard InChI is InChI=1S/C23H18FN9O/c1-2-16(30-21-19-20(27-11-26-19)28-12-29-21)22-31-17-5-3-4-15(24)18(17)23(34)33(22)32-14-8-6-13(10-25)7-9-14/h3-9,11-12,16,32H,2H2,1H3,(H2,26,27,28,29,30)/t16-/m0/s1. The summed E-state index contributed by atoms with van der Waals surface area (Å²) >= 11 is 0. The van der Waals surface area contributed by atoms with Crippen LogP contribution in [0.3, 0.4) is 0 Å². The minimum absolute atomic E-state index is 0.125. The Hall–Kier alpha value is -4.85. The molecule has 5 rings (SSSR count). The highest BCUT2D eigenvalue weighted by atomic mass is 19.1. The number of hydrogen-bond donors (Lipinski definition) is 3. The van der Waals surface area contributed by atoms with Gasteiger partial charge in [0.1, 0.15) is 23.0 Å². The zero-order chi connectivity index (χ0) is 23.7. The zero-order valence-corrected chi connectivity index (χ0v) is 18.0. The molecule has 0 aliphatic carbocycles. The van der Waals surface area contributed by atoms with Crippen LogP contribution in [0.15, 0.2) is 59.9 Å². The largest absolute Gasteiger partial charge is 0.358 e. The predicted molar refractivity (Wildman–Crippen MR) is 124 cm³/mol. The fourth-order valence-corrected chi connectivity index (χ4v) is 3.69. The average molecular weight is 455 g/mol. The Morgan fingerprint density at radius 1 is 1.18 bits per heavy atom. The van der Waals surface area contributed by atoms with Crippen molar-refractivity contribution < 1.29 is 4.39 Å². The van der Waals surface area contributed by atoms with Crippen molar-refractivity contribution in [1.29, 1.82) is 5.26 Å². The maximum Gasteiger partial charge on any atom is 0.283 e. The molecule has 168 valence electrons. The van der Waals surface area contributed by atoms with Gasteiger partial charge in [0.15, 0.2) is 17.3 Å². The van der Waals surface area contributed by atoms with Crippen molar-refractivity contribution in [3.63, 3.8) is 0 Å². The van der Waals surface area contributed by atoms with Crippen molar-refractivity contribution >= 4 is 33.6 Å². The van der Waals surface area contributed by atoms with Gasteiger partial charge in [0.05, 0.1) is 35.2 Å². The Bertz CT molecular complexity index is 1600. The van der Waals surface area contributed by atoms with E-state index in [9.17, 15) is 9.18 Å². The number of anilines is 2. The van der Waals surface area contributed by atoms with Crippen LogP contribution in [0.5, 0.6) is 0 Å². The van der Waals surface area contributed by atoms with Crippen molar-refractivity contribution in [2.75, 3.05) is 10.7 Å². The summed E-state index contributed by atoms with van der Waals surface area (Å²) in [6.45, 7) is 1.93. The van der Waals surface area contributed by atoms with Crippen LogP contribution in [0.25, 0.3) is 22.1 Å². The number of imidazole rings is 1. The van der Waals surface area contributed by atoms with Crippen molar-refractivity contribution in [1.82, 2.24) is 29.6 Å². The summed E-state index contributed by atoms with van der Waals surface area (Å²) in [5, 5.41) is 12.2. The molecule has 5 aromatic rings. The third-order valence-electron chi connectivity index (χ3n) is 5.38. The highest BCUT2D eigenvalue weighted by Gasteiger charge is 2.22. The van der Waals surface area contributed by atoms with E-state index in [1.807, 2.05) is 6.92 Å². The van der Waals surface area contributed by atoms with Crippen LogP contribution in [0.1, 0.15) is 30.8 Å². The van der Waals surface area contributed by atoms with Gasteiger partial charge in [-0.3, -0.25) is 10.2 Å². The molecule has 3 aromatic heterocycles. The topological polar surface area (TPSA) is 137 Å². The Kier molecular flexibility index (Phi) is 5.31. The lowest BCUT2D eigenvalue weighted by Crippen LogP contribution is -2.34. The molecule has 0 spiro atoms. The van der Waals surface area contributed by atoms with Gasteiger partial charge in [0, 0.05) is 0 Å². The summed E-state index contributed by atoms with van der Waals surface area (Å²) in [6.07, 6.45) is 3.44. The lowest BCUT2D eigenvalue weighted by atomic mass is 10.1. The second-order valence-corrected chi connectivity index (χ2v) is 7.47. The predicted octanol–water partition coefficient (Wildman–Crippen LogP) is 3.51. The number of halogens is 1. The van der Waals surface area contributed by atoms with Gasteiger partial charge >= 0.3 is 0 Å². The summed E-state index contributed by atoms with van der Waals surface area (Å²) in [7, 11) is 0. The lowest BCUT2D eigenvalue weighted by molar-refractivity contribution is 0.622. The Labute approximate surface area is 192 Å². The number of nitrogens with zero attached hydrogens (tertiary/aromatic N) is 6. The van der Waals surface area contributed by atoms with Crippen molar-refractivity contribution in [2.45, 2.75) is 19.4 Å². The fourth-order valence-electron chi connectivity index (χ4n) is 3.69. The molecule has 3 N–H and O–H groups in total. The third-order valence-corrected chi connectivity index (χ3v) is 5.38. The van der Waals surface area contributed by atoms with E-state index in [1.54, 1.807) is 30.3 Å². The molecule has 0 radical (unpaired) electrons. The van der Waals surface area contributed by atoms with Crippen LogP contribution in [-0.4, -0.2) is 29.6 Å². The van der Waals surface area contributed by atoms with Crippen LogP contribution in [-0.2, 0) is 0 Å². The smallest absolute Gasteiger partial charge is 0.283 e. The third kappa shape index (κ3) is 3.67. The molecule has 2 aromatic carbocycles. The summed E-state index contributed by atoms with van der Waals surface area (Å²) in [5.74, 6) is 0.169. The summed E-state index contributed by atoms with van der Waals surface area (Å²) in [4.78, 5) is 33.6. The number of hydrogen-bond acceptors (Lipinski definition) is 8. The Morgan fingerprint density at radius 3 is 2.76 bits per heavy atom. The van der Waals surface area contributed by atoms with E-state index in [2.05, 4.69) is 41.7 Å². The minimum Gasteiger partial charge on any atom is -0.358 e. The maximum atomic E-state index is 14.6. The molecular formula is C23H18FN9O. The quantitative estimate of drug-likeness (QED) is 0.354. The highest BCUT2D eigenvalue weighted by molar-refractivity contribution is 5.82. The van der Waals surface area contributed by atoms with Crippen LogP contribution in [0.4, 0.5) is 15.9 Å². The van der Waals surface area contributed by atoms with Crippen LogP contribution in [0.2, 0.25) is 0 Å². The number of aromatic nitrogens is 6. The fraction of sp³-hybridized carbons (Fsp3) is 0.130. The summed E-state index contributed by atoms with van der Waals surface area (Å²) < 4.78 is 15.8. The first-order chi connectivity index (χ1) is 16.6. The van der Waals surface area contributed by atoms with Gasteiger partial charge in [-0.05, 0) is 42.8 Å². The molecular weight excluding hydrogens is 437 g/mol. The van der Waals surface area contributed by atoms with Crippen LogP contribution < -0.4 is 16.3 Å². The highest BCUT2D eigenvalue weighted by Crippen LogP contribution is 2.25. The molecule has 0 aliphatic heterocycles. The number of aromatic amines is 1. The molecule has 1 atom stereocenters. The zero-order valence-electron chi connectivity index (χ0n) is 18.0. The number of benzene rings is 2. The SMILES string of the molecule is CC[C@H](Nc1ncnc2nc[nH]c12)c1nc2cccc(F)c2c(=O)n1Nc1ccc(C#N)cc1. The van der Waals surface area contributed by atoms with E-state index in [-0.39, 0.29) is 10.9 Å². The molecule has 11 heteroatoms. The monoisotopic (exact) mass is 455 g/mol. The molecule has 34 heavy (non-hydrogen) atoms. The Morgan fingerprint density at radius 2 is 2.00 bits per heavy atom. The molecule has 10 nitrogen and oxygen atoms in total. The molecule has 0 bridgehead atoms. The van der Waals surface area contributed by atoms with E-state index in [4.69, 9.17) is 5.26 Å². The summed E-state index contributed by atoms with van der Waals surface area (Å²) in [6, 6.07) is 12.5. The average Bonchev–Trinajstić information content (AvgIpc) is 3.34. The van der Waals surface area contributed by atoms with Crippen molar-refractivity contribution in [2.24, 2.45) is 0 Å². The van der Waals surface area contributed by atoms with Gasteiger partial charge in [-0.25, -0.2) is 29.0 Å². The van der Waals surface area contributed by atoms with Gasteiger partial charge in [-0.1, -0.05) is 13.0 Å². The first-order valence-corrected chi connectivity index (χ1v) is 10.5. The van der Waals surface area contributed by atoms with Gasteiger partial charge in [-0.2, -0.15) is 5.26 Å². The van der Waals surface area contributed by atoms with Crippen LogP contribution >= 0.6 is 0 Å². The number of nitriles is 1. The van der Waals surface area contributed by atoms with E-state index >= 15 is 0 Å². The first-order valence-electron chi connectivity index (χ1n) is 10.5. The molecule has 0 aliphatic rings. The number of nitrogens with one attached hydrogen (secondary N) is 3. The number of rotatable bonds is 6. The maximum absolute atomic E-state index is 14.6. The summed E-state index contributed by atoms with van der Waals surface area (Å²) in [5.41, 5.74) is 4.79. The van der Waals surface area contributed by atoms with E-state index in [1.165, 1.54) is 29.5 Å². The van der Waals surface area contributed by atoms with Gasteiger partial charge < -0.3 is 10.3 Å². The first kappa shape index (κ1) is 21.0. The molecule has 3 heterocycles. The molecule has 0 fully saturated rings. The molecule has 0 saturated heterocycles. The normalized spacial score (nSPS) is 11.9. The van der Waals surface area contributed by atoms with Gasteiger partial charge in [-0.15, -0.1) is 0 Å². The number of fused-ring (bicyclic) bond motifs is 2. The van der Waals surface area contributed by atoms with Crippen molar-refractivity contribution in [3.8, 4) is 6.07 Å². The van der Waals surface area contributed by atoms with Crippen LogP contribution in [0, 0.1) is 17.1 Å². The molecule has 0 amide bonds. The van der Waals surface area contributed by atoms with E-state index < -0.39 is 17.4 Å². The van der Waals surface area contributed by atoms with E-state index in [0.717, 1.165) is 0 Å². The Balaban J connectivity index is 1.65. The van der Waals surface area contributed by atoms with Crippen molar-refractivity contribution in [3.05, 3.63) is 82.7 Å². The minimum atomic E-state index is -0.659.